The van der Waals surface area contributed by atoms with E-state index in [9.17, 15) is 8.78 Å². The summed E-state index contributed by atoms with van der Waals surface area (Å²) in [6.07, 6.45) is 4.74. The highest BCUT2D eigenvalue weighted by atomic mass is 19.2. The highest BCUT2D eigenvalue weighted by Gasteiger charge is 2.15. The molecule has 0 fully saturated rings. The molecule has 1 aromatic heterocycles. The Labute approximate surface area is 128 Å². The Hall–Kier alpha value is -2.17. The van der Waals surface area contributed by atoms with Crippen LogP contribution in [0.15, 0.2) is 30.5 Å². The first-order chi connectivity index (χ1) is 10.7. The van der Waals surface area contributed by atoms with Gasteiger partial charge in [-0.2, -0.15) is 4.39 Å². The molecule has 0 unspecified atom stereocenters. The summed E-state index contributed by atoms with van der Waals surface area (Å²) in [5.74, 6) is -1.49. The van der Waals surface area contributed by atoms with Crippen molar-refractivity contribution in [3.63, 3.8) is 0 Å². The molecule has 0 saturated heterocycles. The van der Waals surface area contributed by atoms with Crippen LogP contribution < -0.4 is 9.47 Å². The van der Waals surface area contributed by atoms with Gasteiger partial charge in [0.1, 0.15) is 5.75 Å². The van der Waals surface area contributed by atoms with Gasteiger partial charge in [-0.1, -0.05) is 19.8 Å². The van der Waals surface area contributed by atoms with Gasteiger partial charge in [-0.3, -0.25) is 4.98 Å². The lowest BCUT2D eigenvalue weighted by Gasteiger charge is -2.09. The number of aromatic nitrogens is 1. The molecule has 0 saturated carbocycles. The van der Waals surface area contributed by atoms with E-state index in [2.05, 4.69) is 11.9 Å². The fourth-order valence-electron chi connectivity index (χ4n) is 2.05. The van der Waals surface area contributed by atoms with E-state index in [1.807, 2.05) is 0 Å². The predicted molar refractivity (Wildman–Crippen MR) is 81.2 cm³/mol. The number of halogens is 2. The first kappa shape index (κ1) is 16.2. The van der Waals surface area contributed by atoms with Crippen LogP contribution in [0.3, 0.4) is 0 Å². The monoisotopic (exact) mass is 307 g/mol. The summed E-state index contributed by atoms with van der Waals surface area (Å²) in [6.45, 7) is 2.75. The molecule has 22 heavy (non-hydrogen) atoms. The molecule has 0 bridgehead atoms. The minimum absolute atomic E-state index is 0.0934. The third kappa shape index (κ3) is 3.72. The van der Waals surface area contributed by atoms with Gasteiger partial charge in [-0.05, 0) is 30.7 Å². The molecule has 5 heteroatoms. The standard InChI is InChI=1S/C17H19F2NO2/c1-3-4-5-10-22-12-6-8-14(20-11-12)13-7-9-15(21-2)17(19)16(13)18/h6-9,11H,3-5,10H2,1-2H3. The van der Waals surface area contributed by atoms with E-state index >= 15 is 0 Å². The number of methoxy groups -OCH3 is 1. The largest absolute Gasteiger partial charge is 0.494 e. The lowest BCUT2D eigenvalue weighted by molar-refractivity contribution is 0.305. The van der Waals surface area contributed by atoms with Crippen LogP contribution in [0.1, 0.15) is 26.2 Å². The summed E-state index contributed by atoms with van der Waals surface area (Å²) < 4.78 is 38.0. The van der Waals surface area contributed by atoms with Crippen LogP contribution >= 0.6 is 0 Å². The quantitative estimate of drug-likeness (QED) is 0.700. The molecule has 0 aliphatic carbocycles. The molecule has 0 aliphatic rings. The van der Waals surface area contributed by atoms with Gasteiger partial charge in [0.2, 0.25) is 5.82 Å². The van der Waals surface area contributed by atoms with Crippen molar-refractivity contribution in [2.75, 3.05) is 13.7 Å². The Bertz CT molecular complexity index is 615. The summed E-state index contributed by atoms with van der Waals surface area (Å²) in [4.78, 5) is 4.13. The molecule has 2 rings (SSSR count). The van der Waals surface area contributed by atoms with Gasteiger partial charge in [0, 0.05) is 5.56 Å². The summed E-state index contributed by atoms with van der Waals surface area (Å²) in [5.41, 5.74) is 0.441. The highest BCUT2D eigenvalue weighted by molar-refractivity contribution is 5.61. The van der Waals surface area contributed by atoms with E-state index in [0.29, 0.717) is 18.1 Å². The lowest BCUT2D eigenvalue weighted by Crippen LogP contribution is -1.99. The number of benzene rings is 1. The molecule has 0 radical (unpaired) electrons. The zero-order chi connectivity index (χ0) is 15.9. The Morgan fingerprint density at radius 2 is 1.86 bits per heavy atom. The van der Waals surface area contributed by atoms with Gasteiger partial charge in [0.15, 0.2) is 11.6 Å². The molecule has 0 atom stereocenters. The predicted octanol–water partition coefficient (Wildman–Crippen LogP) is 4.60. The smallest absolute Gasteiger partial charge is 0.201 e. The number of hydrogen-bond acceptors (Lipinski definition) is 3. The van der Waals surface area contributed by atoms with Crippen molar-refractivity contribution in [3.8, 4) is 22.8 Å². The SMILES string of the molecule is CCCCCOc1ccc(-c2ccc(OC)c(F)c2F)nc1. The number of ether oxygens (including phenoxy) is 2. The molecule has 2 aromatic rings. The molecule has 0 spiro atoms. The van der Waals surface area contributed by atoms with Gasteiger partial charge in [0.05, 0.1) is 25.6 Å². The summed E-state index contributed by atoms with van der Waals surface area (Å²) in [6, 6.07) is 6.14. The van der Waals surface area contributed by atoms with Crippen molar-refractivity contribution in [3.05, 3.63) is 42.1 Å². The molecular formula is C17H19F2NO2. The normalized spacial score (nSPS) is 10.5. The second-order valence-electron chi connectivity index (χ2n) is 4.88. The van der Waals surface area contributed by atoms with Crippen LogP contribution in [0, 0.1) is 11.6 Å². The maximum absolute atomic E-state index is 14.0. The van der Waals surface area contributed by atoms with Crippen molar-refractivity contribution in [2.24, 2.45) is 0 Å². The molecular weight excluding hydrogens is 288 g/mol. The van der Waals surface area contributed by atoms with E-state index < -0.39 is 11.6 Å². The van der Waals surface area contributed by atoms with Crippen molar-refractivity contribution in [2.45, 2.75) is 26.2 Å². The first-order valence-corrected chi connectivity index (χ1v) is 7.28. The van der Waals surface area contributed by atoms with Gasteiger partial charge < -0.3 is 9.47 Å². The minimum atomic E-state index is -1.01. The topological polar surface area (TPSA) is 31.4 Å². The van der Waals surface area contributed by atoms with Crippen LogP contribution in [0.25, 0.3) is 11.3 Å². The third-order valence-corrected chi connectivity index (χ3v) is 3.30. The molecule has 1 aromatic carbocycles. The number of pyridine rings is 1. The van der Waals surface area contributed by atoms with Gasteiger partial charge in [0.25, 0.3) is 0 Å². The van der Waals surface area contributed by atoms with Crippen LogP contribution in [0.2, 0.25) is 0 Å². The van der Waals surface area contributed by atoms with Crippen molar-refractivity contribution in [1.82, 2.24) is 4.98 Å². The molecule has 1 heterocycles. The highest BCUT2D eigenvalue weighted by Crippen LogP contribution is 2.29. The second kappa shape index (κ2) is 7.73. The van der Waals surface area contributed by atoms with Crippen LogP contribution in [-0.2, 0) is 0 Å². The number of unbranched alkanes of at least 4 members (excludes halogenated alkanes) is 2. The second-order valence-corrected chi connectivity index (χ2v) is 4.88. The summed E-state index contributed by atoms with van der Waals surface area (Å²) in [5, 5.41) is 0. The van der Waals surface area contributed by atoms with Gasteiger partial charge in [-0.25, -0.2) is 4.39 Å². The van der Waals surface area contributed by atoms with E-state index in [4.69, 9.17) is 9.47 Å². The third-order valence-electron chi connectivity index (χ3n) is 3.30. The Morgan fingerprint density at radius 1 is 1.05 bits per heavy atom. The molecule has 3 nitrogen and oxygen atoms in total. The zero-order valence-electron chi connectivity index (χ0n) is 12.7. The molecule has 118 valence electrons. The summed E-state index contributed by atoms with van der Waals surface area (Å²) in [7, 11) is 1.29. The van der Waals surface area contributed by atoms with E-state index in [-0.39, 0.29) is 11.3 Å². The molecule has 0 N–H and O–H groups in total. The molecule has 0 aliphatic heterocycles. The Kier molecular flexibility index (Phi) is 5.69. The van der Waals surface area contributed by atoms with Crippen LogP contribution in [-0.4, -0.2) is 18.7 Å². The van der Waals surface area contributed by atoms with Crippen molar-refractivity contribution >= 4 is 0 Å². The molecule has 0 amide bonds. The average molecular weight is 307 g/mol. The maximum Gasteiger partial charge on any atom is 0.201 e. The fourth-order valence-corrected chi connectivity index (χ4v) is 2.05. The van der Waals surface area contributed by atoms with E-state index in [0.717, 1.165) is 19.3 Å². The van der Waals surface area contributed by atoms with Crippen LogP contribution in [0.4, 0.5) is 8.78 Å². The Balaban J connectivity index is 2.12. The number of nitrogens with zero attached hydrogens (tertiary/aromatic N) is 1. The van der Waals surface area contributed by atoms with Gasteiger partial charge >= 0.3 is 0 Å². The Morgan fingerprint density at radius 3 is 2.50 bits per heavy atom. The van der Waals surface area contributed by atoms with Crippen LogP contribution in [0.5, 0.6) is 11.5 Å². The number of hydrogen-bond donors (Lipinski definition) is 0. The number of rotatable bonds is 7. The van der Waals surface area contributed by atoms with E-state index in [1.54, 1.807) is 12.1 Å². The van der Waals surface area contributed by atoms with Gasteiger partial charge in [-0.15, -0.1) is 0 Å². The fraction of sp³-hybridized carbons (Fsp3) is 0.353. The first-order valence-electron chi connectivity index (χ1n) is 7.28. The van der Waals surface area contributed by atoms with E-state index in [1.165, 1.54) is 25.4 Å². The van der Waals surface area contributed by atoms with Crippen molar-refractivity contribution < 1.29 is 18.3 Å². The lowest BCUT2D eigenvalue weighted by atomic mass is 10.1. The average Bonchev–Trinajstić information content (AvgIpc) is 2.55. The van der Waals surface area contributed by atoms with Crippen molar-refractivity contribution in [1.29, 1.82) is 0 Å². The maximum atomic E-state index is 14.0. The zero-order valence-corrected chi connectivity index (χ0v) is 12.7. The summed E-state index contributed by atoms with van der Waals surface area (Å²) >= 11 is 0. The minimum Gasteiger partial charge on any atom is -0.494 e.